The second-order valence-corrected chi connectivity index (χ2v) is 28.9. The number of hydrogen-bond acceptors (Lipinski definition) is 13. The van der Waals surface area contributed by atoms with Crippen LogP contribution in [0.15, 0.2) is 35.9 Å². The molecule has 0 unspecified atom stereocenters. The summed E-state index contributed by atoms with van der Waals surface area (Å²) in [6.45, 7) is 19.7. The van der Waals surface area contributed by atoms with E-state index in [4.69, 9.17) is 20.7 Å². The molecular weight excluding hydrogens is 1170 g/mol. The van der Waals surface area contributed by atoms with Gasteiger partial charge in [-0.3, -0.25) is 48.1 Å². The fourth-order valence-electron chi connectivity index (χ4n) is 15.4. The predicted octanol–water partition coefficient (Wildman–Crippen LogP) is 5.09. The van der Waals surface area contributed by atoms with Crippen molar-refractivity contribution in [1.82, 2.24) is 36.8 Å². The number of rotatable bonds is 30. The normalized spacial score (nSPS) is 26.3. The van der Waals surface area contributed by atoms with Crippen LogP contribution in [0.2, 0.25) is 0 Å². The zero-order valence-electron chi connectivity index (χ0n) is 53.8. The molecule has 1 aromatic rings. The molecule has 89 heavy (non-hydrogen) atoms. The standard InChI is InChI=1S/C64H102N9O15P/c1-35(2)13-11-14-38(7)45-22-23-46-44-21-18-41-33-43(26-28-63(41,9)47(44)27-29-64(45,46)10)87-62(83)67-34-53(76)68-49(32-40-16-19-42(20-17-40)88-89(84,85)86)58(79)70-50(31-36(3)4)61(82)73-30-12-15-51(73)59(80)69-48(24-25-52(65)75)57(78)72-55(39(8)74)60(81)71-54(37(5)6)56(66)77/h16-20,35-39,43-51,54-55,74H,11-15,21-34H2,1-10H3,(H2,65,75)(H2,66,77)(H,67,83)(H,68,76)(H,69,80)(H,70,79)(H,71,81)(H,72,78)(H2,84,85,86)/t38-,39-,43+,44+,45-,46+,47+,48+,49+,50+,51+,54+,55+,63+,64-/m1/s1. The lowest BCUT2D eigenvalue weighted by atomic mass is 9.47. The number of nitrogens with one attached hydrogen (secondary N) is 6. The van der Waals surface area contributed by atoms with Gasteiger partial charge in [0.15, 0.2) is 0 Å². The summed E-state index contributed by atoms with van der Waals surface area (Å²) >= 11 is 0. The number of phosphoric ester groups is 1. The van der Waals surface area contributed by atoms with E-state index >= 15 is 0 Å². The summed E-state index contributed by atoms with van der Waals surface area (Å²) in [4.78, 5) is 142. The van der Waals surface area contributed by atoms with E-state index in [2.05, 4.69) is 72.6 Å². The molecule has 4 aliphatic carbocycles. The van der Waals surface area contributed by atoms with Crippen molar-refractivity contribution in [2.45, 2.75) is 227 Å². The maximum Gasteiger partial charge on any atom is 0.524 e. The van der Waals surface area contributed by atoms with Gasteiger partial charge in [-0.05, 0) is 153 Å². The van der Waals surface area contributed by atoms with Crippen LogP contribution in [-0.2, 0) is 54.1 Å². The number of hydrogen-bond donors (Lipinski definition) is 11. The molecule has 1 saturated heterocycles. The largest absolute Gasteiger partial charge is 0.524 e. The topological polar surface area (TPSA) is 377 Å². The summed E-state index contributed by atoms with van der Waals surface area (Å²) in [5.74, 6) is -3.35. The zero-order valence-corrected chi connectivity index (χ0v) is 54.7. The van der Waals surface area contributed by atoms with Crippen LogP contribution in [0.5, 0.6) is 5.75 Å². The van der Waals surface area contributed by atoms with Crippen LogP contribution in [-0.4, -0.2) is 135 Å². The molecule has 1 aromatic carbocycles. The van der Waals surface area contributed by atoms with Crippen LogP contribution in [0.1, 0.15) is 178 Å². The highest BCUT2D eigenvalue weighted by molar-refractivity contribution is 7.46. The Morgan fingerprint density at radius 3 is 2.03 bits per heavy atom. The molecular formula is C64H102N9O15P. The molecule has 6 rings (SSSR count). The van der Waals surface area contributed by atoms with Crippen LogP contribution >= 0.6 is 7.82 Å². The van der Waals surface area contributed by atoms with Gasteiger partial charge in [-0.25, -0.2) is 9.36 Å². The Morgan fingerprint density at radius 1 is 0.742 bits per heavy atom. The molecule has 9 amide bonds. The Hall–Kier alpha value is -6.10. The lowest BCUT2D eigenvalue weighted by Crippen LogP contribution is -2.61. The molecule has 0 aromatic heterocycles. The number of allylic oxidation sites excluding steroid dienone is 1. The summed E-state index contributed by atoms with van der Waals surface area (Å²) in [6.07, 6.45) is 11.5. The molecule has 25 heteroatoms. The summed E-state index contributed by atoms with van der Waals surface area (Å²) in [5, 5.41) is 25.9. The minimum atomic E-state index is -4.92. The van der Waals surface area contributed by atoms with Crippen molar-refractivity contribution in [3.8, 4) is 5.75 Å². The first-order valence-corrected chi connectivity index (χ1v) is 33.8. The molecule has 0 radical (unpaired) electrons. The number of fused-ring (bicyclic) bond motifs is 5. The minimum Gasteiger partial charge on any atom is -0.446 e. The van der Waals surface area contributed by atoms with Gasteiger partial charge < -0.3 is 62.6 Å². The van der Waals surface area contributed by atoms with E-state index in [-0.39, 0.29) is 49.3 Å². The van der Waals surface area contributed by atoms with Crippen molar-refractivity contribution >= 4 is 61.2 Å². The van der Waals surface area contributed by atoms with Gasteiger partial charge in [0, 0.05) is 25.8 Å². The molecule has 3 saturated carbocycles. The van der Waals surface area contributed by atoms with Crippen molar-refractivity contribution in [2.24, 2.45) is 69.6 Å². The van der Waals surface area contributed by atoms with Crippen molar-refractivity contribution < 1.29 is 71.9 Å². The molecule has 498 valence electrons. The van der Waals surface area contributed by atoms with Crippen LogP contribution < -0.4 is 47.9 Å². The first-order valence-electron chi connectivity index (χ1n) is 32.3. The number of amides is 9. The molecule has 0 spiro atoms. The van der Waals surface area contributed by atoms with E-state index in [1.54, 1.807) is 13.8 Å². The number of nitrogens with two attached hydrogens (primary N) is 2. The second kappa shape index (κ2) is 31.3. The Bertz CT molecular complexity index is 2770. The summed E-state index contributed by atoms with van der Waals surface area (Å²) < 4.78 is 22.2. The monoisotopic (exact) mass is 1270 g/mol. The summed E-state index contributed by atoms with van der Waals surface area (Å²) in [6, 6.07) is -2.76. The van der Waals surface area contributed by atoms with Crippen molar-refractivity contribution in [3.63, 3.8) is 0 Å². The van der Waals surface area contributed by atoms with E-state index < -0.39 is 129 Å². The maximum atomic E-state index is 14.7. The van der Waals surface area contributed by atoms with E-state index in [0.29, 0.717) is 48.0 Å². The van der Waals surface area contributed by atoms with Crippen LogP contribution in [0, 0.1) is 58.2 Å². The quantitative estimate of drug-likeness (QED) is 0.0353. The highest BCUT2D eigenvalue weighted by atomic mass is 31.2. The number of alkyl carbamates (subject to hydrolysis) is 1. The van der Waals surface area contributed by atoms with Gasteiger partial charge in [0.1, 0.15) is 54.6 Å². The van der Waals surface area contributed by atoms with Crippen molar-refractivity contribution in [1.29, 1.82) is 0 Å². The first-order chi connectivity index (χ1) is 41.7. The van der Waals surface area contributed by atoms with E-state index in [1.807, 2.05) is 13.8 Å². The minimum absolute atomic E-state index is 0.0215. The lowest BCUT2D eigenvalue weighted by molar-refractivity contribution is -0.143. The molecule has 15 atom stereocenters. The Kier molecular flexibility index (Phi) is 25.3. The lowest BCUT2D eigenvalue weighted by Gasteiger charge is -2.58. The fraction of sp³-hybridized carbons (Fsp3) is 0.734. The number of aliphatic hydroxyl groups excluding tert-OH is 1. The number of carbonyl (C=O) groups is 9. The molecule has 5 aliphatic rings. The van der Waals surface area contributed by atoms with Crippen molar-refractivity contribution in [2.75, 3.05) is 13.1 Å². The average Bonchev–Trinajstić information content (AvgIpc) is 2.06. The van der Waals surface area contributed by atoms with E-state index in [9.17, 15) is 62.6 Å². The molecule has 1 heterocycles. The highest BCUT2D eigenvalue weighted by Crippen LogP contribution is 2.67. The first kappa shape index (κ1) is 72.0. The van der Waals surface area contributed by atoms with Crippen LogP contribution in [0.25, 0.3) is 0 Å². The SMILES string of the molecule is CC(C)CCC[C@@H](C)[C@H]1CC[C@H]2[C@@H]3CC=C4C[C@@H](OC(=O)NCC(=O)N[C@@H](Cc5ccc(OP(=O)(O)O)cc5)C(=O)N[C@@H](CC(C)C)C(=O)N5CCC[C@H]5C(=O)N[C@@H](CCC(N)=O)C(=O)N[C@H](C(=O)N[C@H](C(N)=O)C(C)C)[C@@H](C)O)CC[C@]4(C)[C@H]3CC[C@]12C. The van der Waals surface area contributed by atoms with E-state index in [0.717, 1.165) is 30.6 Å². The Labute approximate surface area is 524 Å². The molecule has 0 bridgehead atoms. The van der Waals surface area contributed by atoms with Gasteiger partial charge in [0.05, 0.1) is 6.10 Å². The fourth-order valence-corrected chi connectivity index (χ4v) is 15.8. The zero-order chi connectivity index (χ0) is 65.9. The number of carbonyl (C=O) groups excluding carboxylic acids is 9. The van der Waals surface area contributed by atoms with Crippen LogP contribution in [0.4, 0.5) is 4.79 Å². The smallest absolute Gasteiger partial charge is 0.446 e. The molecule has 1 aliphatic heterocycles. The number of primary amides is 2. The Morgan fingerprint density at radius 2 is 1.42 bits per heavy atom. The second-order valence-electron chi connectivity index (χ2n) is 27.8. The van der Waals surface area contributed by atoms with Gasteiger partial charge in [-0.1, -0.05) is 105 Å². The Balaban J connectivity index is 1.11. The van der Waals surface area contributed by atoms with Crippen LogP contribution in [0.3, 0.4) is 0 Å². The summed E-state index contributed by atoms with van der Waals surface area (Å²) in [7, 11) is -4.92. The van der Waals surface area contributed by atoms with Crippen molar-refractivity contribution in [3.05, 3.63) is 41.5 Å². The maximum absolute atomic E-state index is 14.7. The number of nitrogens with zero attached hydrogens (tertiary/aromatic N) is 1. The third kappa shape index (κ3) is 19.2. The van der Waals surface area contributed by atoms with Gasteiger partial charge >= 0.3 is 13.9 Å². The van der Waals surface area contributed by atoms with Gasteiger partial charge in [0.2, 0.25) is 47.3 Å². The number of ether oxygens (including phenoxy) is 1. The molecule has 4 fully saturated rings. The van der Waals surface area contributed by atoms with Gasteiger partial charge in [-0.15, -0.1) is 0 Å². The highest BCUT2D eigenvalue weighted by Gasteiger charge is 2.59. The number of benzene rings is 1. The van der Waals surface area contributed by atoms with Gasteiger partial charge in [-0.2, -0.15) is 0 Å². The number of likely N-dealkylation sites (tertiary alicyclic amines) is 1. The third-order valence-electron chi connectivity index (χ3n) is 20.0. The predicted molar refractivity (Wildman–Crippen MR) is 332 cm³/mol. The molecule has 24 nitrogen and oxygen atoms in total. The third-order valence-corrected chi connectivity index (χ3v) is 20.4. The summed E-state index contributed by atoms with van der Waals surface area (Å²) in [5.41, 5.74) is 13.0. The van der Waals surface area contributed by atoms with Gasteiger partial charge in [0.25, 0.3) is 0 Å². The number of phosphoric acid groups is 1. The molecule has 13 N–H and O–H groups in total. The number of aliphatic hydroxyl groups is 1. The average molecular weight is 1270 g/mol. The van der Waals surface area contributed by atoms with E-state index in [1.165, 1.54) is 86.6 Å².